The highest BCUT2D eigenvalue weighted by atomic mass is 19.4. The van der Waals surface area contributed by atoms with Crippen molar-refractivity contribution < 1.29 is 27.5 Å². The molecule has 1 heterocycles. The summed E-state index contributed by atoms with van der Waals surface area (Å²) in [5.74, 6) is 0.647. The van der Waals surface area contributed by atoms with Gasteiger partial charge in [-0.15, -0.1) is 0 Å². The summed E-state index contributed by atoms with van der Waals surface area (Å²) in [5.41, 5.74) is 0.832. The van der Waals surface area contributed by atoms with E-state index in [1.54, 1.807) is 18.2 Å². The first-order chi connectivity index (χ1) is 9.88. The minimum atomic E-state index is -4.71. The molecule has 2 aromatic rings. The molecule has 0 aliphatic rings. The van der Waals surface area contributed by atoms with Gasteiger partial charge in [0.2, 0.25) is 5.89 Å². The largest absolute Gasteiger partial charge is 0.497 e. The Balaban J connectivity index is 2.03. The number of aromatic nitrogens is 2. The van der Waals surface area contributed by atoms with Crippen LogP contribution in [0.2, 0.25) is 0 Å². The summed E-state index contributed by atoms with van der Waals surface area (Å²) >= 11 is 0. The first kappa shape index (κ1) is 15.3. The van der Waals surface area contributed by atoms with Crippen molar-refractivity contribution in [3.63, 3.8) is 0 Å². The molecule has 21 heavy (non-hydrogen) atoms. The molecule has 0 saturated carbocycles. The molecule has 114 valence electrons. The maximum absolute atomic E-state index is 12.2. The number of aliphatic hydroxyl groups is 1. The Morgan fingerprint density at radius 1 is 1.38 bits per heavy atom. The maximum Gasteiger partial charge on any atom is 0.414 e. The number of alkyl halides is 3. The zero-order valence-electron chi connectivity index (χ0n) is 11.1. The lowest BCUT2D eigenvalue weighted by atomic mass is 10.1. The van der Waals surface area contributed by atoms with E-state index in [1.807, 2.05) is 6.07 Å². The number of ether oxygens (including phenoxy) is 1. The van der Waals surface area contributed by atoms with Crippen molar-refractivity contribution in [2.24, 2.45) is 0 Å². The van der Waals surface area contributed by atoms with Gasteiger partial charge in [0.25, 0.3) is 0 Å². The van der Waals surface area contributed by atoms with Gasteiger partial charge in [-0.3, -0.25) is 0 Å². The average molecular weight is 302 g/mol. The number of rotatable bonds is 5. The third-order valence-electron chi connectivity index (χ3n) is 2.75. The van der Waals surface area contributed by atoms with E-state index in [1.165, 1.54) is 7.11 Å². The Kier molecular flexibility index (Phi) is 4.46. The Hall–Kier alpha value is -2.09. The van der Waals surface area contributed by atoms with Gasteiger partial charge in [0, 0.05) is 6.42 Å². The summed E-state index contributed by atoms with van der Waals surface area (Å²) in [5, 5.41) is 12.5. The molecule has 1 unspecified atom stereocenters. The summed E-state index contributed by atoms with van der Waals surface area (Å²) in [6.07, 6.45) is -7.68. The Labute approximate surface area is 118 Å². The van der Waals surface area contributed by atoms with Gasteiger partial charge in [0.05, 0.1) is 13.5 Å². The highest BCUT2D eigenvalue weighted by Gasteiger charge is 2.39. The van der Waals surface area contributed by atoms with Gasteiger partial charge in [-0.25, -0.2) is 0 Å². The van der Waals surface area contributed by atoms with Gasteiger partial charge in [-0.1, -0.05) is 17.3 Å². The fourth-order valence-corrected chi connectivity index (χ4v) is 1.69. The molecule has 1 atom stereocenters. The molecule has 0 amide bonds. The van der Waals surface area contributed by atoms with Gasteiger partial charge < -0.3 is 14.4 Å². The summed E-state index contributed by atoms with van der Waals surface area (Å²) in [4.78, 5) is 3.84. The third kappa shape index (κ3) is 4.19. The molecule has 0 aliphatic heterocycles. The van der Waals surface area contributed by atoms with Crippen molar-refractivity contribution in [1.29, 1.82) is 0 Å². The Morgan fingerprint density at radius 3 is 2.81 bits per heavy atom. The van der Waals surface area contributed by atoms with Gasteiger partial charge in [0.1, 0.15) is 5.75 Å². The van der Waals surface area contributed by atoms with E-state index in [0.717, 1.165) is 5.56 Å². The highest BCUT2D eigenvalue weighted by Crippen LogP contribution is 2.22. The van der Waals surface area contributed by atoms with Gasteiger partial charge in [0.15, 0.2) is 11.9 Å². The van der Waals surface area contributed by atoms with Crippen molar-refractivity contribution >= 4 is 0 Å². The molecule has 8 heteroatoms. The molecule has 0 spiro atoms. The van der Waals surface area contributed by atoms with Crippen molar-refractivity contribution in [3.05, 3.63) is 41.5 Å². The zero-order chi connectivity index (χ0) is 15.5. The SMILES string of the molecule is COc1cccc(Cc2noc(CC(O)C(F)(F)F)n2)c1. The second-order valence-corrected chi connectivity index (χ2v) is 4.39. The molecule has 0 fully saturated rings. The van der Waals surface area contributed by atoms with Crippen molar-refractivity contribution in [2.75, 3.05) is 7.11 Å². The average Bonchev–Trinajstić information content (AvgIpc) is 2.85. The fraction of sp³-hybridized carbons (Fsp3) is 0.385. The second-order valence-electron chi connectivity index (χ2n) is 4.39. The monoisotopic (exact) mass is 302 g/mol. The highest BCUT2D eigenvalue weighted by molar-refractivity contribution is 5.30. The van der Waals surface area contributed by atoms with Crippen LogP contribution in [0.3, 0.4) is 0 Å². The number of hydrogen-bond acceptors (Lipinski definition) is 5. The van der Waals surface area contributed by atoms with Gasteiger partial charge in [-0.05, 0) is 17.7 Å². The number of halogens is 3. The molecule has 0 aliphatic carbocycles. The van der Waals surface area contributed by atoms with E-state index in [0.29, 0.717) is 12.2 Å². The molecule has 5 nitrogen and oxygen atoms in total. The van der Waals surface area contributed by atoms with E-state index in [-0.39, 0.29) is 11.7 Å². The molecule has 1 aromatic heterocycles. The summed E-state index contributed by atoms with van der Waals surface area (Å²) in [6, 6.07) is 7.12. The summed E-state index contributed by atoms with van der Waals surface area (Å²) < 4.78 is 46.4. The van der Waals surface area contributed by atoms with Crippen LogP contribution in [0.5, 0.6) is 5.75 Å². The van der Waals surface area contributed by atoms with Gasteiger partial charge >= 0.3 is 6.18 Å². The molecule has 1 N–H and O–H groups in total. The van der Waals surface area contributed by atoms with Crippen LogP contribution in [0.15, 0.2) is 28.8 Å². The standard InChI is InChI=1S/C13H13F3N2O3/c1-20-9-4-2-3-8(5-9)6-11-17-12(21-18-11)7-10(19)13(14,15)16/h2-5,10,19H,6-7H2,1H3. The maximum atomic E-state index is 12.2. The number of aliphatic hydroxyl groups excluding tert-OH is 1. The van der Waals surface area contributed by atoms with Crippen molar-refractivity contribution in [3.8, 4) is 5.75 Å². The summed E-state index contributed by atoms with van der Waals surface area (Å²) in [6.45, 7) is 0. The van der Waals surface area contributed by atoms with Crippen LogP contribution in [-0.2, 0) is 12.8 Å². The predicted molar refractivity (Wildman–Crippen MR) is 65.9 cm³/mol. The molecule has 0 saturated heterocycles. The van der Waals surface area contributed by atoms with E-state index < -0.39 is 18.7 Å². The molecule has 0 radical (unpaired) electrons. The Morgan fingerprint density at radius 2 is 2.14 bits per heavy atom. The molecular formula is C13H13F3N2O3. The predicted octanol–water partition coefficient (Wildman–Crippen LogP) is 2.13. The molecular weight excluding hydrogens is 289 g/mol. The number of methoxy groups -OCH3 is 1. The van der Waals surface area contributed by atoms with Crippen molar-refractivity contribution in [1.82, 2.24) is 10.1 Å². The number of nitrogens with zero attached hydrogens (tertiary/aromatic N) is 2. The smallest absolute Gasteiger partial charge is 0.414 e. The quantitative estimate of drug-likeness (QED) is 0.916. The van der Waals surface area contributed by atoms with E-state index >= 15 is 0 Å². The summed E-state index contributed by atoms with van der Waals surface area (Å²) in [7, 11) is 1.53. The normalized spacial score (nSPS) is 13.2. The first-order valence-corrected chi connectivity index (χ1v) is 6.07. The minimum Gasteiger partial charge on any atom is -0.497 e. The lowest BCUT2D eigenvalue weighted by Crippen LogP contribution is -2.30. The van der Waals surface area contributed by atoms with Crippen LogP contribution in [0.4, 0.5) is 13.2 Å². The van der Waals surface area contributed by atoms with Crippen LogP contribution in [0, 0.1) is 0 Å². The van der Waals surface area contributed by atoms with E-state index in [9.17, 15) is 13.2 Å². The lowest BCUT2D eigenvalue weighted by Gasteiger charge is -2.11. The molecule has 2 rings (SSSR count). The van der Waals surface area contributed by atoms with Crippen LogP contribution < -0.4 is 4.74 Å². The number of benzene rings is 1. The minimum absolute atomic E-state index is 0.243. The molecule has 1 aromatic carbocycles. The number of hydrogen-bond donors (Lipinski definition) is 1. The van der Waals surface area contributed by atoms with Crippen LogP contribution in [-0.4, -0.2) is 34.6 Å². The van der Waals surface area contributed by atoms with E-state index in [2.05, 4.69) is 10.1 Å². The molecule has 0 bridgehead atoms. The van der Waals surface area contributed by atoms with Gasteiger partial charge in [-0.2, -0.15) is 18.2 Å². The fourth-order valence-electron chi connectivity index (χ4n) is 1.69. The van der Waals surface area contributed by atoms with E-state index in [4.69, 9.17) is 14.4 Å². The van der Waals surface area contributed by atoms with Crippen LogP contribution in [0.1, 0.15) is 17.3 Å². The first-order valence-electron chi connectivity index (χ1n) is 6.07. The second kappa shape index (κ2) is 6.13. The van der Waals surface area contributed by atoms with Crippen molar-refractivity contribution in [2.45, 2.75) is 25.1 Å². The third-order valence-corrected chi connectivity index (χ3v) is 2.75. The zero-order valence-corrected chi connectivity index (χ0v) is 11.1. The Bertz CT molecular complexity index is 598. The van der Waals surface area contributed by atoms with Crippen LogP contribution in [0.25, 0.3) is 0 Å². The van der Waals surface area contributed by atoms with Crippen LogP contribution >= 0.6 is 0 Å². The topological polar surface area (TPSA) is 68.4 Å². The lowest BCUT2D eigenvalue weighted by molar-refractivity contribution is -0.204.